The van der Waals surface area contributed by atoms with Crippen LogP contribution in [0.5, 0.6) is 5.75 Å². The first kappa shape index (κ1) is 14.9. The molecule has 2 aromatic carbocycles. The van der Waals surface area contributed by atoms with Crippen LogP contribution < -0.4 is 10.5 Å². The third kappa shape index (κ3) is 3.78. The highest BCUT2D eigenvalue weighted by molar-refractivity contribution is 5.54. The molecule has 0 amide bonds. The van der Waals surface area contributed by atoms with Gasteiger partial charge in [0.2, 0.25) is 0 Å². The molecule has 0 saturated carbocycles. The number of nitrogen functional groups attached to an aromatic ring is 1. The quantitative estimate of drug-likeness (QED) is 0.860. The van der Waals surface area contributed by atoms with E-state index in [4.69, 9.17) is 19.9 Å². The lowest BCUT2D eigenvalue weighted by Crippen LogP contribution is -2.17. The van der Waals surface area contributed by atoms with Gasteiger partial charge in [0, 0.05) is 12.0 Å². The molecule has 4 nitrogen and oxygen atoms in total. The minimum atomic E-state index is -0.311. The second kappa shape index (κ2) is 7.29. The second-order valence-electron chi connectivity index (χ2n) is 5.31. The maximum Gasteiger partial charge on any atom is 0.183 e. The number of nitrogens with two attached hydrogens (primary N) is 1. The van der Waals surface area contributed by atoms with Gasteiger partial charge in [0.1, 0.15) is 5.75 Å². The van der Waals surface area contributed by atoms with E-state index in [2.05, 4.69) is 12.1 Å². The zero-order chi connectivity index (χ0) is 15.2. The van der Waals surface area contributed by atoms with E-state index in [-0.39, 0.29) is 6.29 Å². The predicted molar refractivity (Wildman–Crippen MR) is 85.8 cm³/mol. The summed E-state index contributed by atoms with van der Waals surface area (Å²) in [5, 5.41) is 0. The van der Waals surface area contributed by atoms with Crippen molar-refractivity contribution < 1.29 is 14.2 Å². The van der Waals surface area contributed by atoms with Gasteiger partial charge in [0.05, 0.1) is 25.5 Å². The number of rotatable bonds is 5. The summed E-state index contributed by atoms with van der Waals surface area (Å²) in [5.74, 6) is 0.704. The molecule has 0 radical (unpaired) electrons. The number of ether oxygens (including phenoxy) is 3. The fraction of sp³-hybridized carbons (Fsp3) is 0.333. The smallest absolute Gasteiger partial charge is 0.183 e. The summed E-state index contributed by atoms with van der Waals surface area (Å²) in [6.45, 7) is 2.05. The van der Waals surface area contributed by atoms with Crippen molar-refractivity contribution >= 4 is 5.69 Å². The Hall–Kier alpha value is -2.04. The zero-order valence-electron chi connectivity index (χ0n) is 12.5. The fourth-order valence-corrected chi connectivity index (χ4v) is 2.45. The Balaban J connectivity index is 1.57. The number of hydrogen-bond acceptors (Lipinski definition) is 4. The molecule has 1 saturated heterocycles. The van der Waals surface area contributed by atoms with Crippen molar-refractivity contribution in [2.24, 2.45) is 0 Å². The van der Waals surface area contributed by atoms with Gasteiger partial charge < -0.3 is 19.9 Å². The van der Waals surface area contributed by atoms with Crippen LogP contribution in [0.4, 0.5) is 5.69 Å². The number of hydrogen-bond donors (Lipinski definition) is 1. The van der Waals surface area contributed by atoms with Crippen molar-refractivity contribution in [3.63, 3.8) is 0 Å². The molecule has 0 aromatic heterocycles. The summed E-state index contributed by atoms with van der Waals surface area (Å²) < 4.78 is 16.9. The summed E-state index contributed by atoms with van der Waals surface area (Å²) in [7, 11) is 0. The van der Waals surface area contributed by atoms with Crippen LogP contribution in [-0.2, 0) is 15.9 Å². The second-order valence-corrected chi connectivity index (χ2v) is 5.31. The van der Waals surface area contributed by atoms with Crippen molar-refractivity contribution in [2.45, 2.75) is 19.1 Å². The van der Waals surface area contributed by atoms with Crippen molar-refractivity contribution in [3.05, 3.63) is 59.7 Å². The van der Waals surface area contributed by atoms with E-state index in [1.54, 1.807) is 0 Å². The van der Waals surface area contributed by atoms with Crippen LogP contribution in [0.15, 0.2) is 48.5 Å². The molecular formula is C18H21NO3. The Bertz CT molecular complexity index is 595. The van der Waals surface area contributed by atoms with E-state index >= 15 is 0 Å². The molecule has 1 fully saturated rings. The standard InChI is InChI=1S/C18H21NO3/c19-16-13-15(18-21-10-4-11-22-18)7-8-17(16)20-12-9-14-5-2-1-3-6-14/h1-3,5-8,13,18H,4,9-12,19H2. The van der Waals surface area contributed by atoms with E-state index in [9.17, 15) is 0 Å². The number of benzene rings is 2. The Morgan fingerprint density at radius 3 is 2.55 bits per heavy atom. The summed E-state index contributed by atoms with van der Waals surface area (Å²) in [5.41, 5.74) is 8.87. The molecular weight excluding hydrogens is 278 g/mol. The van der Waals surface area contributed by atoms with Gasteiger partial charge in [0.15, 0.2) is 6.29 Å². The largest absolute Gasteiger partial charge is 0.491 e. The fourth-order valence-electron chi connectivity index (χ4n) is 2.45. The lowest BCUT2D eigenvalue weighted by Gasteiger charge is -2.24. The van der Waals surface area contributed by atoms with E-state index in [1.165, 1.54) is 5.56 Å². The van der Waals surface area contributed by atoms with E-state index in [0.717, 1.165) is 31.6 Å². The van der Waals surface area contributed by atoms with Gasteiger partial charge in [-0.05, 0) is 24.1 Å². The summed E-state index contributed by atoms with van der Waals surface area (Å²) in [4.78, 5) is 0. The van der Waals surface area contributed by atoms with Gasteiger partial charge in [-0.1, -0.05) is 36.4 Å². The maximum absolute atomic E-state index is 6.07. The molecule has 0 spiro atoms. The first-order valence-corrected chi connectivity index (χ1v) is 7.62. The van der Waals surface area contributed by atoms with E-state index < -0.39 is 0 Å². The van der Waals surface area contributed by atoms with Crippen molar-refractivity contribution in [1.82, 2.24) is 0 Å². The topological polar surface area (TPSA) is 53.7 Å². The van der Waals surface area contributed by atoms with Gasteiger partial charge in [-0.25, -0.2) is 0 Å². The van der Waals surface area contributed by atoms with Crippen LogP contribution in [0.1, 0.15) is 23.8 Å². The maximum atomic E-state index is 6.07. The lowest BCUT2D eigenvalue weighted by molar-refractivity contribution is -0.183. The third-order valence-corrected chi connectivity index (χ3v) is 3.62. The Morgan fingerprint density at radius 1 is 1.05 bits per heavy atom. The van der Waals surface area contributed by atoms with Crippen LogP contribution in [0.3, 0.4) is 0 Å². The molecule has 3 rings (SSSR count). The molecule has 0 bridgehead atoms. The molecule has 116 valence electrons. The molecule has 22 heavy (non-hydrogen) atoms. The zero-order valence-corrected chi connectivity index (χ0v) is 12.5. The Labute approximate surface area is 130 Å². The Morgan fingerprint density at radius 2 is 1.82 bits per heavy atom. The molecule has 1 heterocycles. The highest BCUT2D eigenvalue weighted by Crippen LogP contribution is 2.29. The molecule has 1 aliphatic rings. The lowest BCUT2D eigenvalue weighted by atomic mass is 10.1. The highest BCUT2D eigenvalue weighted by atomic mass is 16.7. The van der Waals surface area contributed by atoms with Crippen LogP contribution in [-0.4, -0.2) is 19.8 Å². The number of anilines is 1. The van der Waals surface area contributed by atoms with Crippen LogP contribution in [0.2, 0.25) is 0 Å². The van der Waals surface area contributed by atoms with E-state index in [0.29, 0.717) is 18.0 Å². The normalized spacial score (nSPS) is 15.6. The van der Waals surface area contributed by atoms with Crippen LogP contribution in [0.25, 0.3) is 0 Å². The SMILES string of the molecule is Nc1cc(C2OCCCO2)ccc1OCCc1ccccc1. The summed E-state index contributed by atoms with van der Waals surface area (Å²) in [6.07, 6.45) is 1.48. The minimum absolute atomic E-state index is 0.311. The highest BCUT2D eigenvalue weighted by Gasteiger charge is 2.17. The van der Waals surface area contributed by atoms with Crippen molar-refractivity contribution in [3.8, 4) is 5.75 Å². The van der Waals surface area contributed by atoms with E-state index in [1.807, 2.05) is 36.4 Å². The van der Waals surface area contributed by atoms with Gasteiger partial charge in [-0.2, -0.15) is 0 Å². The average molecular weight is 299 g/mol. The molecule has 2 aromatic rings. The van der Waals surface area contributed by atoms with Gasteiger partial charge in [-0.15, -0.1) is 0 Å². The molecule has 0 atom stereocenters. The molecule has 2 N–H and O–H groups in total. The molecule has 4 heteroatoms. The van der Waals surface area contributed by atoms with Gasteiger partial charge in [-0.3, -0.25) is 0 Å². The van der Waals surface area contributed by atoms with Crippen molar-refractivity contribution in [2.75, 3.05) is 25.6 Å². The first-order valence-electron chi connectivity index (χ1n) is 7.62. The predicted octanol–water partition coefficient (Wildman–Crippen LogP) is 3.33. The van der Waals surface area contributed by atoms with Gasteiger partial charge >= 0.3 is 0 Å². The Kier molecular flexibility index (Phi) is 4.93. The third-order valence-electron chi connectivity index (χ3n) is 3.62. The summed E-state index contributed by atoms with van der Waals surface area (Å²) in [6, 6.07) is 16.0. The summed E-state index contributed by atoms with van der Waals surface area (Å²) >= 11 is 0. The first-order chi connectivity index (χ1) is 10.8. The van der Waals surface area contributed by atoms with Crippen molar-refractivity contribution in [1.29, 1.82) is 0 Å². The molecule has 0 aliphatic carbocycles. The minimum Gasteiger partial charge on any atom is -0.491 e. The molecule has 1 aliphatic heterocycles. The monoisotopic (exact) mass is 299 g/mol. The average Bonchev–Trinajstić information content (AvgIpc) is 2.58. The molecule has 0 unspecified atom stereocenters. The van der Waals surface area contributed by atoms with Crippen LogP contribution in [0, 0.1) is 0 Å². The van der Waals surface area contributed by atoms with Gasteiger partial charge in [0.25, 0.3) is 0 Å². The van der Waals surface area contributed by atoms with Crippen LogP contribution >= 0.6 is 0 Å².